The second-order valence-corrected chi connectivity index (χ2v) is 4.35. The fourth-order valence-electron chi connectivity index (χ4n) is 1.69. The van der Waals surface area contributed by atoms with Crippen molar-refractivity contribution >= 4 is 28.4 Å². The Balaban J connectivity index is 2.08. The monoisotopic (exact) mass is 263 g/mol. The third-order valence-corrected chi connectivity index (χ3v) is 3.04. The standard InChI is InChI=1S/C11H10ClN5O/c1-6(17-5-14-4-15-17)11-16-9-2-7(12)8(13)3-10(9)18-11/h2-6H,13H2,1H3. The van der Waals surface area contributed by atoms with Gasteiger partial charge in [-0.15, -0.1) is 0 Å². The number of oxazole rings is 1. The Hall–Kier alpha value is -2.08. The molecule has 7 heteroatoms. The van der Waals surface area contributed by atoms with Gasteiger partial charge in [0.1, 0.15) is 24.2 Å². The van der Waals surface area contributed by atoms with Crippen molar-refractivity contribution in [3.63, 3.8) is 0 Å². The first-order valence-electron chi connectivity index (χ1n) is 5.34. The fraction of sp³-hybridized carbons (Fsp3) is 0.182. The van der Waals surface area contributed by atoms with Crippen molar-refractivity contribution in [2.45, 2.75) is 13.0 Å². The molecule has 0 aliphatic heterocycles. The van der Waals surface area contributed by atoms with E-state index < -0.39 is 0 Å². The van der Waals surface area contributed by atoms with Gasteiger partial charge in [-0.05, 0) is 13.0 Å². The summed E-state index contributed by atoms with van der Waals surface area (Å²) in [6, 6.07) is 3.22. The van der Waals surface area contributed by atoms with Gasteiger partial charge >= 0.3 is 0 Å². The zero-order valence-corrected chi connectivity index (χ0v) is 10.3. The number of aromatic nitrogens is 4. The average Bonchev–Trinajstić information content (AvgIpc) is 2.97. The van der Waals surface area contributed by atoms with Crippen LogP contribution in [0.15, 0.2) is 29.2 Å². The first-order valence-corrected chi connectivity index (χ1v) is 5.72. The number of rotatable bonds is 2. The van der Waals surface area contributed by atoms with Gasteiger partial charge in [-0.25, -0.2) is 14.6 Å². The lowest BCUT2D eigenvalue weighted by atomic mass is 10.3. The molecule has 18 heavy (non-hydrogen) atoms. The second-order valence-electron chi connectivity index (χ2n) is 3.95. The van der Waals surface area contributed by atoms with Crippen LogP contribution in [-0.2, 0) is 0 Å². The molecule has 92 valence electrons. The Kier molecular flexibility index (Phi) is 2.45. The van der Waals surface area contributed by atoms with Gasteiger partial charge in [-0.3, -0.25) is 0 Å². The molecular formula is C11H10ClN5O. The van der Waals surface area contributed by atoms with Gasteiger partial charge in [0.2, 0.25) is 5.89 Å². The van der Waals surface area contributed by atoms with E-state index in [1.165, 1.54) is 6.33 Å². The second kappa shape index (κ2) is 3.99. The lowest BCUT2D eigenvalue weighted by Crippen LogP contribution is -2.07. The SMILES string of the molecule is CC(c1nc2cc(Cl)c(N)cc2o1)n1cncn1. The zero-order chi connectivity index (χ0) is 12.7. The lowest BCUT2D eigenvalue weighted by Gasteiger charge is -2.05. The van der Waals surface area contributed by atoms with E-state index in [-0.39, 0.29) is 6.04 Å². The molecule has 3 rings (SSSR count). The van der Waals surface area contributed by atoms with Gasteiger partial charge in [0.25, 0.3) is 0 Å². The van der Waals surface area contributed by atoms with Crippen molar-refractivity contribution in [1.29, 1.82) is 0 Å². The van der Waals surface area contributed by atoms with Crippen molar-refractivity contribution in [2.24, 2.45) is 0 Å². The van der Waals surface area contributed by atoms with Gasteiger partial charge in [0.05, 0.1) is 10.7 Å². The van der Waals surface area contributed by atoms with Crippen LogP contribution in [0.2, 0.25) is 5.02 Å². The lowest BCUT2D eigenvalue weighted by molar-refractivity contribution is 0.427. The number of halogens is 1. The number of hydrogen-bond acceptors (Lipinski definition) is 5. The van der Waals surface area contributed by atoms with Crippen molar-refractivity contribution in [3.05, 3.63) is 35.7 Å². The van der Waals surface area contributed by atoms with Crippen LogP contribution in [0.1, 0.15) is 18.9 Å². The van der Waals surface area contributed by atoms with Crippen LogP contribution in [0.5, 0.6) is 0 Å². The number of nitrogens with zero attached hydrogens (tertiary/aromatic N) is 4. The topological polar surface area (TPSA) is 82.8 Å². The van der Waals surface area contributed by atoms with Crippen LogP contribution in [-0.4, -0.2) is 19.7 Å². The highest BCUT2D eigenvalue weighted by molar-refractivity contribution is 6.33. The Morgan fingerprint density at radius 1 is 1.44 bits per heavy atom. The Morgan fingerprint density at radius 3 is 3.00 bits per heavy atom. The predicted octanol–water partition coefficient (Wildman–Crippen LogP) is 2.26. The molecule has 0 bridgehead atoms. The molecule has 0 amide bonds. The van der Waals surface area contributed by atoms with E-state index in [2.05, 4.69) is 15.1 Å². The minimum atomic E-state index is -0.139. The average molecular weight is 264 g/mol. The molecular weight excluding hydrogens is 254 g/mol. The van der Waals surface area contributed by atoms with Crippen molar-refractivity contribution < 1.29 is 4.42 Å². The fourth-order valence-corrected chi connectivity index (χ4v) is 1.85. The number of nitrogens with two attached hydrogens (primary N) is 1. The maximum absolute atomic E-state index is 5.94. The summed E-state index contributed by atoms with van der Waals surface area (Å²) in [5.41, 5.74) is 7.48. The summed E-state index contributed by atoms with van der Waals surface area (Å²) in [5, 5.41) is 4.52. The molecule has 0 saturated carbocycles. The molecule has 0 aliphatic carbocycles. The summed E-state index contributed by atoms with van der Waals surface area (Å²) in [7, 11) is 0. The first-order chi connectivity index (χ1) is 8.65. The maximum atomic E-state index is 5.94. The number of benzene rings is 1. The largest absolute Gasteiger partial charge is 0.438 e. The van der Waals surface area contributed by atoms with E-state index in [4.69, 9.17) is 21.8 Å². The summed E-state index contributed by atoms with van der Waals surface area (Å²) < 4.78 is 7.31. The van der Waals surface area contributed by atoms with Crippen molar-refractivity contribution in [2.75, 3.05) is 5.73 Å². The molecule has 1 unspecified atom stereocenters. The number of fused-ring (bicyclic) bond motifs is 1. The van der Waals surface area contributed by atoms with E-state index in [9.17, 15) is 0 Å². The minimum Gasteiger partial charge on any atom is -0.438 e. The third kappa shape index (κ3) is 1.70. The molecule has 0 fully saturated rings. The van der Waals surface area contributed by atoms with Gasteiger partial charge in [-0.2, -0.15) is 5.10 Å². The Labute approximate surface area is 107 Å². The maximum Gasteiger partial charge on any atom is 0.220 e. The highest BCUT2D eigenvalue weighted by Gasteiger charge is 2.16. The Bertz CT molecular complexity index is 652. The van der Waals surface area contributed by atoms with Crippen LogP contribution >= 0.6 is 11.6 Å². The highest BCUT2D eigenvalue weighted by atomic mass is 35.5. The molecule has 0 radical (unpaired) electrons. The van der Waals surface area contributed by atoms with Crippen LogP contribution in [0, 0.1) is 0 Å². The van der Waals surface area contributed by atoms with E-state index in [1.54, 1.807) is 23.1 Å². The molecule has 2 heterocycles. The normalized spacial score (nSPS) is 13.0. The molecule has 0 aliphatic rings. The molecule has 1 aromatic carbocycles. The van der Waals surface area contributed by atoms with Crippen molar-refractivity contribution in [3.8, 4) is 0 Å². The molecule has 1 atom stereocenters. The molecule has 0 saturated heterocycles. The highest BCUT2D eigenvalue weighted by Crippen LogP contribution is 2.28. The smallest absolute Gasteiger partial charge is 0.220 e. The van der Waals surface area contributed by atoms with Crippen LogP contribution in [0.25, 0.3) is 11.1 Å². The molecule has 2 aromatic heterocycles. The zero-order valence-electron chi connectivity index (χ0n) is 9.54. The summed E-state index contributed by atoms with van der Waals surface area (Å²) in [6.07, 6.45) is 3.08. The van der Waals surface area contributed by atoms with Gasteiger partial charge in [0.15, 0.2) is 5.58 Å². The van der Waals surface area contributed by atoms with E-state index >= 15 is 0 Å². The summed E-state index contributed by atoms with van der Waals surface area (Å²) >= 11 is 5.94. The van der Waals surface area contributed by atoms with Crippen LogP contribution < -0.4 is 5.73 Å². The van der Waals surface area contributed by atoms with E-state index in [1.807, 2.05) is 6.92 Å². The third-order valence-electron chi connectivity index (χ3n) is 2.71. The molecule has 3 aromatic rings. The predicted molar refractivity (Wildman–Crippen MR) is 67.3 cm³/mol. The van der Waals surface area contributed by atoms with Gasteiger partial charge in [0, 0.05) is 6.07 Å². The summed E-state index contributed by atoms with van der Waals surface area (Å²) in [4.78, 5) is 8.27. The first kappa shape index (κ1) is 11.0. The van der Waals surface area contributed by atoms with Crippen LogP contribution in [0.3, 0.4) is 0 Å². The van der Waals surface area contributed by atoms with Gasteiger partial charge < -0.3 is 10.2 Å². The summed E-state index contributed by atoms with van der Waals surface area (Å²) in [6.45, 7) is 1.92. The number of anilines is 1. The molecule has 0 spiro atoms. The molecule has 2 N–H and O–H groups in total. The van der Waals surface area contributed by atoms with Gasteiger partial charge in [-0.1, -0.05) is 11.6 Å². The Morgan fingerprint density at radius 2 is 2.28 bits per heavy atom. The molecule has 6 nitrogen and oxygen atoms in total. The van der Waals surface area contributed by atoms with Crippen LogP contribution in [0.4, 0.5) is 5.69 Å². The van der Waals surface area contributed by atoms with E-state index in [0.717, 1.165) is 0 Å². The number of hydrogen-bond donors (Lipinski definition) is 1. The minimum absolute atomic E-state index is 0.139. The summed E-state index contributed by atoms with van der Waals surface area (Å²) in [5.74, 6) is 0.539. The van der Waals surface area contributed by atoms with Crippen molar-refractivity contribution in [1.82, 2.24) is 19.7 Å². The quantitative estimate of drug-likeness (QED) is 0.717. The van der Waals surface area contributed by atoms with E-state index in [0.29, 0.717) is 27.7 Å². The number of nitrogen functional groups attached to an aromatic ring is 1.